The van der Waals surface area contributed by atoms with Crippen molar-refractivity contribution < 1.29 is 21.5 Å². The van der Waals surface area contributed by atoms with Crippen LogP contribution in [0.1, 0.15) is 122 Å². The molecule has 0 bridgehead atoms. The summed E-state index contributed by atoms with van der Waals surface area (Å²) in [6, 6.07) is 6.60. The average molecular weight is 441 g/mol. The van der Waals surface area contributed by atoms with Gasteiger partial charge in [0.2, 0.25) is 0 Å². The molecule has 0 radical (unpaired) electrons. The van der Waals surface area contributed by atoms with E-state index in [9.17, 15) is 0 Å². The van der Waals surface area contributed by atoms with Crippen LogP contribution in [0.2, 0.25) is 0 Å². The summed E-state index contributed by atoms with van der Waals surface area (Å²) < 4.78 is 2.38. The van der Waals surface area contributed by atoms with E-state index in [2.05, 4.69) is 42.8 Å². The Labute approximate surface area is 181 Å². The van der Waals surface area contributed by atoms with Gasteiger partial charge in [-0.1, -0.05) is 109 Å². The van der Waals surface area contributed by atoms with Gasteiger partial charge in [-0.2, -0.15) is 0 Å². The Morgan fingerprint density at radius 2 is 1.04 bits per heavy atom. The summed E-state index contributed by atoms with van der Waals surface area (Å²) in [7, 11) is 0. The summed E-state index contributed by atoms with van der Waals surface area (Å²) in [5, 5.41) is 0. The number of rotatable bonds is 18. The molecule has 0 atom stereocenters. The standard InChI is InChI=1S/C25H46N.BrH/c1-3-5-6-7-8-9-10-11-12-13-14-15-16-17-18-19-22-25-23-20-21-24-26(25)4-2;/h20-21,23-24H,3-19,22H2,1-2H3;1H/q+1;/p-1. The minimum Gasteiger partial charge on any atom is -1.00 e. The normalized spacial score (nSPS) is 10.7. The van der Waals surface area contributed by atoms with E-state index in [1.54, 1.807) is 0 Å². The van der Waals surface area contributed by atoms with Crippen LogP contribution in [0.25, 0.3) is 0 Å². The smallest absolute Gasteiger partial charge is 0.181 e. The van der Waals surface area contributed by atoms with Crippen LogP contribution in [0.3, 0.4) is 0 Å². The molecule has 1 aromatic heterocycles. The molecule has 1 heterocycles. The van der Waals surface area contributed by atoms with Crippen molar-refractivity contribution in [2.45, 2.75) is 130 Å². The second kappa shape index (κ2) is 20.4. The van der Waals surface area contributed by atoms with Gasteiger partial charge < -0.3 is 17.0 Å². The fourth-order valence-electron chi connectivity index (χ4n) is 3.90. The molecule has 0 spiro atoms. The van der Waals surface area contributed by atoms with E-state index in [1.165, 1.54) is 115 Å². The van der Waals surface area contributed by atoms with Crippen LogP contribution in [0, 0.1) is 0 Å². The van der Waals surface area contributed by atoms with Crippen molar-refractivity contribution in [2.24, 2.45) is 0 Å². The third-order valence-corrected chi connectivity index (χ3v) is 5.66. The second-order valence-electron chi connectivity index (χ2n) is 8.03. The van der Waals surface area contributed by atoms with Crippen molar-refractivity contribution in [1.82, 2.24) is 0 Å². The summed E-state index contributed by atoms with van der Waals surface area (Å²) in [5.74, 6) is 0. The fraction of sp³-hybridized carbons (Fsp3) is 0.800. The number of aromatic nitrogens is 1. The zero-order chi connectivity index (χ0) is 18.7. The topological polar surface area (TPSA) is 3.88 Å². The van der Waals surface area contributed by atoms with Crippen LogP contribution >= 0.6 is 0 Å². The van der Waals surface area contributed by atoms with Gasteiger partial charge in [-0.05, 0) is 13.3 Å². The minimum absolute atomic E-state index is 0. The second-order valence-corrected chi connectivity index (χ2v) is 8.03. The van der Waals surface area contributed by atoms with Gasteiger partial charge in [-0.25, -0.2) is 4.57 Å². The molecule has 0 aliphatic carbocycles. The first kappa shape index (κ1) is 26.6. The molecule has 2 heteroatoms. The molecule has 0 fully saturated rings. The molecular formula is C25H46BrN. The number of hydrogen-bond acceptors (Lipinski definition) is 0. The Balaban J connectivity index is 0.00000676. The highest BCUT2D eigenvalue weighted by Gasteiger charge is 2.06. The molecule has 0 saturated heterocycles. The number of halogens is 1. The van der Waals surface area contributed by atoms with E-state index in [-0.39, 0.29) is 17.0 Å². The largest absolute Gasteiger partial charge is 1.00 e. The monoisotopic (exact) mass is 439 g/mol. The van der Waals surface area contributed by atoms with Crippen LogP contribution in [0.4, 0.5) is 0 Å². The molecule has 27 heavy (non-hydrogen) atoms. The van der Waals surface area contributed by atoms with Crippen molar-refractivity contribution in [3.05, 3.63) is 30.1 Å². The Morgan fingerprint density at radius 3 is 1.48 bits per heavy atom. The molecule has 1 nitrogen and oxygen atoms in total. The molecule has 0 aliphatic heterocycles. The Morgan fingerprint density at radius 1 is 0.593 bits per heavy atom. The average Bonchev–Trinajstić information content (AvgIpc) is 2.68. The summed E-state index contributed by atoms with van der Waals surface area (Å²) in [6.07, 6.45) is 26.6. The van der Waals surface area contributed by atoms with Crippen LogP contribution < -0.4 is 21.5 Å². The van der Waals surface area contributed by atoms with E-state index >= 15 is 0 Å². The van der Waals surface area contributed by atoms with E-state index in [4.69, 9.17) is 0 Å². The zero-order valence-electron chi connectivity index (χ0n) is 18.4. The fourth-order valence-corrected chi connectivity index (χ4v) is 3.90. The predicted octanol–water partition coefficient (Wildman–Crippen LogP) is 4.80. The van der Waals surface area contributed by atoms with Crippen LogP contribution in [0.5, 0.6) is 0 Å². The van der Waals surface area contributed by atoms with Crippen LogP contribution in [0.15, 0.2) is 24.4 Å². The Bertz CT molecular complexity index is 419. The van der Waals surface area contributed by atoms with Gasteiger partial charge in [0.1, 0.15) is 6.54 Å². The first-order valence-electron chi connectivity index (χ1n) is 11.9. The lowest BCUT2D eigenvalue weighted by Gasteiger charge is -2.04. The number of hydrogen-bond donors (Lipinski definition) is 0. The molecule has 0 aromatic carbocycles. The first-order chi connectivity index (χ1) is 12.9. The van der Waals surface area contributed by atoms with Crippen molar-refractivity contribution in [1.29, 1.82) is 0 Å². The Kier molecular flexibility index (Phi) is 20.1. The summed E-state index contributed by atoms with van der Waals surface area (Å²) in [6.45, 7) is 5.62. The van der Waals surface area contributed by atoms with E-state index in [0.717, 1.165) is 6.54 Å². The van der Waals surface area contributed by atoms with Gasteiger partial charge in [-0.15, -0.1) is 0 Å². The lowest BCUT2D eigenvalue weighted by Crippen LogP contribution is -3.00. The number of pyridine rings is 1. The van der Waals surface area contributed by atoms with Crippen LogP contribution in [-0.2, 0) is 13.0 Å². The van der Waals surface area contributed by atoms with Gasteiger partial charge >= 0.3 is 0 Å². The van der Waals surface area contributed by atoms with Gasteiger partial charge in [-0.3, -0.25) is 0 Å². The molecule has 0 unspecified atom stereocenters. The maximum atomic E-state index is 2.38. The number of nitrogens with zero attached hydrogens (tertiary/aromatic N) is 1. The first-order valence-corrected chi connectivity index (χ1v) is 11.9. The minimum atomic E-state index is 0. The molecule has 158 valence electrons. The van der Waals surface area contributed by atoms with Crippen molar-refractivity contribution in [2.75, 3.05) is 0 Å². The van der Waals surface area contributed by atoms with E-state index < -0.39 is 0 Å². The summed E-state index contributed by atoms with van der Waals surface area (Å²) in [4.78, 5) is 0. The highest BCUT2D eigenvalue weighted by Crippen LogP contribution is 2.14. The predicted molar refractivity (Wildman–Crippen MR) is 116 cm³/mol. The van der Waals surface area contributed by atoms with Crippen molar-refractivity contribution in [3.8, 4) is 0 Å². The maximum Gasteiger partial charge on any atom is 0.181 e. The molecule has 0 N–H and O–H groups in total. The lowest BCUT2D eigenvalue weighted by atomic mass is 10.0. The lowest BCUT2D eigenvalue weighted by molar-refractivity contribution is -0.700. The van der Waals surface area contributed by atoms with Crippen molar-refractivity contribution in [3.63, 3.8) is 0 Å². The quantitative estimate of drug-likeness (QED) is 0.228. The van der Waals surface area contributed by atoms with Crippen LogP contribution in [-0.4, -0.2) is 0 Å². The molecule has 1 aromatic rings. The third-order valence-electron chi connectivity index (χ3n) is 5.66. The maximum absolute atomic E-state index is 2.38. The molecule has 1 rings (SSSR count). The molecule has 0 amide bonds. The molecular weight excluding hydrogens is 394 g/mol. The SMILES string of the molecule is CCCCCCCCCCCCCCCCCCc1cccc[n+]1CC.[Br-]. The highest BCUT2D eigenvalue weighted by atomic mass is 79.9. The van der Waals surface area contributed by atoms with Crippen molar-refractivity contribution >= 4 is 0 Å². The van der Waals surface area contributed by atoms with Gasteiger partial charge in [0.15, 0.2) is 11.9 Å². The van der Waals surface area contributed by atoms with E-state index in [0.29, 0.717) is 0 Å². The number of aryl methyl sites for hydroxylation is 2. The zero-order valence-corrected chi connectivity index (χ0v) is 19.9. The van der Waals surface area contributed by atoms with E-state index in [1.807, 2.05) is 0 Å². The molecule has 0 saturated carbocycles. The van der Waals surface area contributed by atoms with Gasteiger partial charge in [0, 0.05) is 18.6 Å². The van der Waals surface area contributed by atoms with Gasteiger partial charge in [0.25, 0.3) is 0 Å². The summed E-state index contributed by atoms with van der Waals surface area (Å²) >= 11 is 0. The highest BCUT2D eigenvalue weighted by molar-refractivity contribution is 4.97. The number of unbranched alkanes of at least 4 members (excludes halogenated alkanes) is 15. The Hall–Kier alpha value is -0.370. The third kappa shape index (κ3) is 15.3. The summed E-state index contributed by atoms with van der Waals surface area (Å²) in [5.41, 5.74) is 1.50. The van der Waals surface area contributed by atoms with Gasteiger partial charge in [0.05, 0.1) is 0 Å². The molecule has 0 aliphatic rings.